The van der Waals surface area contributed by atoms with Crippen LogP contribution in [-0.4, -0.2) is 13.0 Å². The molecule has 3 nitrogen and oxygen atoms in total. The summed E-state index contributed by atoms with van der Waals surface area (Å²) >= 11 is 0. The van der Waals surface area contributed by atoms with Crippen molar-refractivity contribution in [3.8, 4) is 11.3 Å². The van der Waals surface area contributed by atoms with E-state index in [1.165, 1.54) is 0 Å². The number of amides is 1. The van der Waals surface area contributed by atoms with Gasteiger partial charge in [-0.25, -0.2) is 0 Å². The minimum absolute atomic E-state index is 0.0153. The first-order chi connectivity index (χ1) is 9.76. The molecule has 0 aliphatic rings. The van der Waals surface area contributed by atoms with Gasteiger partial charge in [0.25, 0.3) is 0 Å². The van der Waals surface area contributed by atoms with Crippen molar-refractivity contribution in [2.75, 3.05) is 7.05 Å². The number of benzene rings is 2. The van der Waals surface area contributed by atoms with Crippen LogP contribution in [0.4, 0.5) is 0 Å². The van der Waals surface area contributed by atoms with E-state index in [0.29, 0.717) is 6.42 Å². The first kappa shape index (κ1) is 12.5. The molecule has 0 aliphatic heterocycles. The number of hydrogen-bond donors (Lipinski definition) is 1. The Kier molecular flexibility index (Phi) is 3.25. The maximum Gasteiger partial charge on any atom is 0.224 e. The van der Waals surface area contributed by atoms with Gasteiger partial charge in [0.2, 0.25) is 5.91 Å². The second kappa shape index (κ2) is 5.21. The number of likely N-dealkylation sites (N-methyl/N-ethyl adjacent to an activating group) is 1. The molecule has 0 atom stereocenters. The molecule has 100 valence electrons. The third kappa shape index (κ3) is 2.43. The molecule has 20 heavy (non-hydrogen) atoms. The molecule has 0 saturated heterocycles. The number of furan rings is 1. The molecule has 1 heterocycles. The highest BCUT2D eigenvalue weighted by atomic mass is 16.3. The number of para-hydroxylation sites is 1. The van der Waals surface area contributed by atoms with E-state index in [1.807, 2.05) is 54.6 Å². The Labute approximate surface area is 117 Å². The van der Waals surface area contributed by atoms with E-state index >= 15 is 0 Å². The van der Waals surface area contributed by atoms with Gasteiger partial charge in [0, 0.05) is 18.0 Å². The molecule has 0 spiro atoms. The molecule has 0 bridgehead atoms. The lowest BCUT2D eigenvalue weighted by Crippen LogP contribution is -2.19. The van der Waals surface area contributed by atoms with Crippen LogP contribution in [0.5, 0.6) is 0 Å². The third-order valence-corrected chi connectivity index (χ3v) is 3.31. The fourth-order valence-corrected chi connectivity index (χ4v) is 2.18. The number of nitrogens with one attached hydrogen (secondary N) is 1. The molecule has 0 saturated carbocycles. The predicted molar refractivity (Wildman–Crippen MR) is 79.4 cm³/mol. The van der Waals surface area contributed by atoms with Gasteiger partial charge in [-0.1, -0.05) is 42.5 Å². The maximum absolute atomic E-state index is 11.3. The lowest BCUT2D eigenvalue weighted by atomic mass is 10.1. The maximum atomic E-state index is 11.3. The SMILES string of the molecule is CNC(=O)Cc1ccc(-c2cc3ccccc3o2)cc1. The number of rotatable bonds is 3. The molecule has 1 N–H and O–H groups in total. The van der Waals surface area contributed by atoms with Crippen molar-refractivity contribution in [3.63, 3.8) is 0 Å². The minimum atomic E-state index is 0.0153. The first-order valence-electron chi connectivity index (χ1n) is 6.55. The Bertz CT molecular complexity index is 708. The highest BCUT2D eigenvalue weighted by Crippen LogP contribution is 2.27. The second-order valence-corrected chi connectivity index (χ2v) is 4.70. The summed E-state index contributed by atoms with van der Waals surface area (Å²) in [5.74, 6) is 0.860. The Morgan fingerprint density at radius 3 is 2.55 bits per heavy atom. The van der Waals surface area contributed by atoms with Crippen LogP contribution in [0, 0.1) is 0 Å². The summed E-state index contributed by atoms with van der Waals surface area (Å²) in [7, 11) is 1.64. The summed E-state index contributed by atoms with van der Waals surface area (Å²) in [5, 5.41) is 3.71. The van der Waals surface area contributed by atoms with E-state index < -0.39 is 0 Å². The Morgan fingerprint density at radius 2 is 1.85 bits per heavy atom. The van der Waals surface area contributed by atoms with Crippen molar-refractivity contribution in [2.24, 2.45) is 0 Å². The van der Waals surface area contributed by atoms with Gasteiger partial charge >= 0.3 is 0 Å². The van der Waals surface area contributed by atoms with E-state index in [2.05, 4.69) is 5.32 Å². The number of hydrogen-bond acceptors (Lipinski definition) is 2. The average molecular weight is 265 g/mol. The zero-order valence-electron chi connectivity index (χ0n) is 11.2. The van der Waals surface area contributed by atoms with Crippen LogP contribution in [0.1, 0.15) is 5.56 Å². The largest absolute Gasteiger partial charge is 0.456 e. The van der Waals surface area contributed by atoms with Gasteiger partial charge in [-0.3, -0.25) is 4.79 Å². The third-order valence-electron chi connectivity index (χ3n) is 3.31. The van der Waals surface area contributed by atoms with Crippen LogP contribution in [0.2, 0.25) is 0 Å². The van der Waals surface area contributed by atoms with Crippen LogP contribution < -0.4 is 5.32 Å². The smallest absolute Gasteiger partial charge is 0.224 e. The molecule has 0 aliphatic carbocycles. The lowest BCUT2D eigenvalue weighted by molar-refractivity contribution is -0.119. The molecule has 0 unspecified atom stereocenters. The van der Waals surface area contributed by atoms with Crippen LogP contribution in [0.25, 0.3) is 22.3 Å². The highest BCUT2D eigenvalue weighted by Gasteiger charge is 2.06. The minimum Gasteiger partial charge on any atom is -0.456 e. The number of carbonyl (C=O) groups excluding carboxylic acids is 1. The van der Waals surface area contributed by atoms with Crippen LogP contribution in [0.15, 0.2) is 59.0 Å². The Morgan fingerprint density at radius 1 is 1.10 bits per heavy atom. The van der Waals surface area contributed by atoms with E-state index in [-0.39, 0.29) is 5.91 Å². The fourth-order valence-electron chi connectivity index (χ4n) is 2.18. The zero-order chi connectivity index (χ0) is 13.9. The van der Waals surface area contributed by atoms with E-state index in [4.69, 9.17) is 4.42 Å². The van der Waals surface area contributed by atoms with Crippen molar-refractivity contribution in [1.29, 1.82) is 0 Å². The average Bonchev–Trinajstić information content (AvgIpc) is 2.91. The Balaban J connectivity index is 1.88. The summed E-state index contributed by atoms with van der Waals surface area (Å²) in [5.41, 5.74) is 2.89. The number of carbonyl (C=O) groups is 1. The fraction of sp³-hybridized carbons (Fsp3) is 0.118. The van der Waals surface area contributed by atoms with Crippen LogP contribution in [0.3, 0.4) is 0 Å². The molecule has 1 aromatic heterocycles. The second-order valence-electron chi connectivity index (χ2n) is 4.70. The Hall–Kier alpha value is -2.55. The van der Waals surface area contributed by atoms with Gasteiger partial charge in [0.15, 0.2) is 0 Å². The molecule has 3 rings (SSSR count). The van der Waals surface area contributed by atoms with Crippen molar-refractivity contribution in [2.45, 2.75) is 6.42 Å². The van der Waals surface area contributed by atoms with Gasteiger partial charge in [-0.05, 0) is 17.7 Å². The van der Waals surface area contributed by atoms with Crippen molar-refractivity contribution in [3.05, 3.63) is 60.2 Å². The van der Waals surface area contributed by atoms with Crippen molar-refractivity contribution < 1.29 is 9.21 Å². The molecule has 0 radical (unpaired) electrons. The van der Waals surface area contributed by atoms with Gasteiger partial charge in [0.05, 0.1) is 6.42 Å². The topological polar surface area (TPSA) is 42.2 Å². The molecular weight excluding hydrogens is 250 g/mol. The predicted octanol–water partition coefficient (Wildman–Crippen LogP) is 3.39. The van der Waals surface area contributed by atoms with E-state index in [0.717, 1.165) is 27.9 Å². The summed E-state index contributed by atoms with van der Waals surface area (Å²) in [6.07, 6.45) is 0.400. The number of fused-ring (bicyclic) bond motifs is 1. The van der Waals surface area contributed by atoms with Gasteiger partial charge in [0.1, 0.15) is 11.3 Å². The molecular formula is C17H15NO2. The summed E-state index contributed by atoms with van der Waals surface area (Å²) in [4.78, 5) is 11.3. The first-order valence-corrected chi connectivity index (χ1v) is 6.55. The van der Waals surface area contributed by atoms with Crippen molar-refractivity contribution >= 4 is 16.9 Å². The van der Waals surface area contributed by atoms with Crippen molar-refractivity contribution in [1.82, 2.24) is 5.32 Å². The molecule has 0 fully saturated rings. The molecule has 3 aromatic rings. The van der Waals surface area contributed by atoms with E-state index in [1.54, 1.807) is 7.05 Å². The highest BCUT2D eigenvalue weighted by molar-refractivity contribution is 5.83. The van der Waals surface area contributed by atoms with Crippen LogP contribution >= 0.6 is 0 Å². The normalized spacial score (nSPS) is 10.7. The van der Waals surface area contributed by atoms with Gasteiger partial charge in [-0.15, -0.1) is 0 Å². The standard InChI is InChI=1S/C17H15NO2/c1-18-17(19)10-12-6-8-13(9-7-12)16-11-14-4-2-3-5-15(14)20-16/h2-9,11H,10H2,1H3,(H,18,19). The molecule has 3 heteroatoms. The quantitative estimate of drug-likeness (QED) is 0.788. The van der Waals surface area contributed by atoms with Gasteiger partial charge in [-0.2, -0.15) is 0 Å². The monoisotopic (exact) mass is 265 g/mol. The summed E-state index contributed by atoms with van der Waals surface area (Å²) in [6, 6.07) is 17.8. The van der Waals surface area contributed by atoms with E-state index in [9.17, 15) is 4.79 Å². The molecule has 2 aromatic carbocycles. The van der Waals surface area contributed by atoms with Gasteiger partial charge < -0.3 is 9.73 Å². The van der Waals surface area contributed by atoms with Crippen LogP contribution in [-0.2, 0) is 11.2 Å². The summed E-state index contributed by atoms with van der Waals surface area (Å²) < 4.78 is 5.82. The summed E-state index contributed by atoms with van der Waals surface area (Å²) in [6.45, 7) is 0. The zero-order valence-corrected chi connectivity index (χ0v) is 11.2. The molecule has 1 amide bonds. The lowest BCUT2D eigenvalue weighted by Gasteiger charge is -2.01.